The molecule has 0 saturated carbocycles. The van der Waals surface area contributed by atoms with Gasteiger partial charge in [0, 0.05) is 36.4 Å². The number of ether oxygens (including phenoxy) is 2. The molecule has 2 aromatic heterocycles. The van der Waals surface area contributed by atoms with Crippen LogP contribution in [0, 0.1) is 17.3 Å². The Bertz CT molecular complexity index is 821. The second-order valence-corrected chi connectivity index (χ2v) is 6.67. The van der Waals surface area contributed by atoms with Gasteiger partial charge >= 0.3 is 0 Å². The van der Waals surface area contributed by atoms with Gasteiger partial charge < -0.3 is 20.1 Å². The number of hydrogen-bond acceptors (Lipinski definition) is 6. The van der Waals surface area contributed by atoms with Crippen molar-refractivity contribution in [1.29, 1.82) is 0 Å². The number of hydrogen-bond donors (Lipinski definition) is 2. The van der Waals surface area contributed by atoms with Crippen molar-refractivity contribution in [3.8, 4) is 5.75 Å². The number of nitrogens with one attached hydrogen (secondary N) is 2. The second kappa shape index (κ2) is 7.83. The van der Waals surface area contributed by atoms with E-state index in [0.29, 0.717) is 19.8 Å². The van der Waals surface area contributed by atoms with Crippen LogP contribution in [0.15, 0.2) is 24.3 Å². The molecule has 1 saturated heterocycles. The molecule has 0 aliphatic carbocycles. The molecule has 2 N–H and O–H groups in total. The number of amides is 1. The Balaban J connectivity index is 1.77. The fourth-order valence-electron chi connectivity index (χ4n) is 2.75. The monoisotopic (exact) mass is 378 g/mol. The van der Waals surface area contributed by atoms with Crippen LogP contribution >= 0.6 is 0 Å². The van der Waals surface area contributed by atoms with Gasteiger partial charge in [-0.1, -0.05) is 6.92 Å². The Labute approximate surface area is 155 Å². The van der Waals surface area contributed by atoms with Gasteiger partial charge in [0.05, 0.1) is 13.7 Å². The van der Waals surface area contributed by atoms with E-state index in [1.807, 2.05) is 6.92 Å². The third-order valence-corrected chi connectivity index (χ3v) is 4.30. The van der Waals surface area contributed by atoms with Crippen LogP contribution in [0.5, 0.6) is 5.75 Å². The van der Waals surface area contributed by atoms with Crippen molar-refractivity contribution >= 4 is 17.4 Å². The van der Waals surface area contributed by atoms with E-state index in [2.05, 4.69) is 20.6 Å². The maximum absolute atomic E-state index is 13.2. The third kappa shape index (κ3) is 4.68. The number of methoxy groups -OCH3 is 1. The minimum atomic E-state index is -0.962. The minimum Gasteiger partial charge on any atom is -0.494 e. The summed E-state index contributed by atoms with van der Waals surface area (Å²) in [5, 5.41) is 5.60. The van der Waals surface area contributed by atoms with E-state index >= 15 is 0 Å². The molecule has 1 unspecified atom stereocenters. The van der Waals surface area contributed by atoms with Crippen LogP contribution in [0.25, 0.3) is 0 Å². The average molecular weight is 378 g/mol. The van der Waals surface area contributed by atoms with Gasteiger partial charge in [-0.25, -0.2) is 4.98 Å². The fraction of sp³-hybridized carbons (Fsp3) is 0.389. The molecule has 1 atom stereocenters. The molecular formula is C18H20F2N4O3. The molecule has 9 heteroatoms. The predicted octanol–water partition coefficient (Wildman–Crippen LogP) is 2.66. The number of rotatable bonds is 6. The number of anilines is 2. The van der Waals surface area contributed by atoms with Gasteiger partial charge in [-0.15, -0.1) is 0 Å². The van der Waals surface area contributed by atoms with Crippen molar-refractivity contribution in [1.82, 2.24) is 15.3 Å². The molecule has 2 aromatic rings. The maximum atomic E-state index is 13.2. The molecule has 144 valence electrons. The fourth-order valence-corrected chi connectivity index (χ4v) is 2.75. The van der Waals surface area contributed by atoms with Crippen molar-refractivity contribution in [2.24, 2.45) is 5.41 Å². The Kier molecular flexibility index (Phi) is 5.50. The van der Waals surface area contributed by atoms with E-state index < -0.39 is 17.8 Å². The summed E-state index contributed by atoms with van der Waals surface area (Å²) < 4.78 is 37.1. The zero-order valence-electron chi connectivity index (χ0n) is 15.0. The first-order chi connectivity index (χ1) is 12.9. The third-order valence-electron chi connectivity index (χ3n) is 4.30. The van der Waals surface area contributed by atoms with E-state index in [-0.39, 0.29) is 28.4 Å². The number of nitrogens with zero attached hydrogens (tertiary/aromatic N) is 2. The number of halogens is 2. The van der Waals surface area contributed by atoms with Gasteiger partial charge in [-0.05, 0) is 18.6 Å². The highest BCUT2D eigenvalue weighted by Crippen LogP contribution is 2.27. The number of carbonyl (C=O) groups is 1. The molecule has 0 bridgehead atoms. The van der Waals surface area contributed by atoms with Crippen LogP contribution in [-0.4, -0.2) is 42.7 Å². The number of carbonyl (C=O) groups excluding carboxylic acids is 1. The summed E-state index contributed by atoms with van der Waals surface area (Å²) in [6, 6.07) is 5.14. The minimum absolute atomic E-state index is 0.0695. The molecule has 0 aromatic carbocycles. The van der Waals surface area contributed by atoms with Crippen LogP contribution in [0.1, 0.15) is 23.8 Å². The second-order valence-electron chi connectivity index (χ2n) is 6.67. The normalized spacial score (nSPS) is 19.0. The Morgan fingerprint density at radius 1 is 1.30 bits per heavy atom. The van der Waals surface area contributed by atoms with Crippen LogP contribution in [0.2, 0.25) is 0 Å². The first-order valence-electron chi connectivity index (χ1n) is 8.40. The summed E-state index contributed by atoms with van der Waals surface area (Å²) >= 11 is 0. The zero-order valence-corrected chi connectivity index (χ0v) is 15.0. The van der Waals surface area contributed by atoms with Crippen LogP contribution < -0.4 is 15.4 Å². The lowest BCUT2D eigenvalue weighted by atomic mass is 9.90. The van der Waals surface area contributed by atoms with Gasteiger partial charge in [0.15, 0.2) is 5.69 Å². The first kappa shape index (κ1) is 19.0. The molecule has 27 heavy (non-hydrogen) atoms. The molecule has 0 radical (unpaired) electrons. The van der Waals surface area contributed by atoms with Crippen molar-refractivity contribution < 1.29 is 23.0 Å². The summed E-state index contributed by atoms with van der Waals surface area (Å²) in [6.45, 7) is 3.73. The highest BCUT2D eigenvalue weighted by atomic mass is 19.1. The number of pyridine rings is 2. The smallest absolute Gasteiger partial charge is 0.273 e. The van der Waals surface area contributed by atoms with Gasteiger partial charge in [0.2, 0.25) is 11.9 Å². The molecule has 1 aliphatic rings. The van der Waals surface area contributed by atoms with Crippen LogP contribution in [-0.2, 0) is 4.74 Å². The maximum Gasteiger partial charge on any atom is 0.273 e. The Morgan fingerprint density at radius 3 is 2.67 bits per heavy atom. The molecular weight excluding hydrogens is 358 g/mol. The largest absolute Gasteiger partial charge is 0.494 e. The quantitative estimate of drug-likeness (QED) is 0.752. The summed E-state index contributed by atoms with van der Waals surface area (Å²) in [6.07, 6.45) is 0.860. The predicted molar refractivity (Wildman–Crippen MR) is 94.1 cm³/mol. The van der Waals surface area contributed by atoms with Crippen LogP contribution in [0.3, 0.4) is 0 Å². The average Bonchev–Trinajstić information content (AvgIpc) is 3.06. The highest BCUT2D eigenvalue weighted by molar-refractivity contribution is 5.95. The summed E-state index contributed by atoms with van der Waals surface area (Å²) in [5.74, 6) is -1.80. The molecule has 3 rings (SSSR count). The lowest BCUT2D eigenvalue weighted by molar-refractivity contribution is 0.0916. The molecule has 1 fully saturated rings. The Morgan fingerprint density at radius 2 is 2.04 bits per heavy atom. The first-order valence-corrected chi connectivity index (χ1v) is 8.40. The van der Waals surface area contributed by atoms with Crippen molar-refractivity contribution in [3.63, 3.8) is 0 Å². The van der Waals surface area contributed by atoms with E-state index in [4.69, 9.17) is 9.47 Å². The van der Waals surface area contributed by atoms with E-state index in [1.54, 1.807) is 6.07 Å². The number of aromatic nitrogens is 2. The van der Waals surface area contributed by atoms with Crippen molar-refractivity contribution in [3.05, 3.63) is 41.9 Å². The lowest BCUT2D eigenvalue weighted by Gasteiger charge is -2.22. The van der Waals surface area contributed by atoms with Crippen molar-refractivity contribution in [2.45, 2.75) is 13.3 Å². The Hall–Kier alpha value is -2.81. The molecule has 7 nitrogen and oxygen atoms in total. The lowest BCUT2D eigenvalue weighted by Crippen LogP contribution is -2.36. The summed E-state index contributed by atoms with van der Waals surface area (Å²) in [5.41, 5.74) is 0.0739. The standard InChI is InChI=1S/C18H20F2N4O3/c1-18(5-6-27-10-18)9-21-17(25)16-12(26-2)3-4-15(24-16)22-11-7-13(19)23-14(20)8-11/h3-4,7-8H,5-6,9-10H2,1-2H3,(H,21,25)(H,22,23,24). The van der Waals surface area contributed by atoms with E-state index in [0.717, 1.165) is 18.6 Å². The van der Waals surface area contributed by atoms with Gasteiger partial charge in [0.1, 0.15) is 11.6 Å². The summed E-state index contributed by atoms with van der Waals surface area (Å²) in [4.78, 5) is 19.8. The molecule has 1 aliphatic heterocycles. The van der Waals surface area contributed by atoms with Gasteiger partial charge in [-0.3, -0.25) is 4.79 Å². The van der Waals surface area contributed by atoms with E-state index in [9.17, 15) is 13.6 Å². The molecule has 1 amide bonds. The van der Waals surface area contributed by atoms with Crippen molar-refractivity contribution in [2.75, 3.05) is 32.2 Å². The molecule has 0 spiro atoms. The zero-order chi connectivity index (χ0) is 19.4. The van der Waals surface area contributed by atoms with Crippen LogP contribution in [0.4, 0.5) is 20.3 Å². The van der Waals surface area contributed by atoms with E-state index in [1.165, 1.54) is 13.2 Å². The summed E-state index contributed by atoms with van der Waals surface area (Å²) in [7, 11) is 1.43. The van der Waals surface area contributed by atoms with Gasteiger partial charge in [-0.2, -0.15) is 13.8 Å². The SMILES string of the molecule is COc1ccc(Nc2cc(F)nc(F)c2)nc1C(=O)NCC1(C)CCOC1. The highest BCUT2D eigenvalue weighted by Gasteiger charge is 2.30. The topological polar surface area (TPSA) is 85.4 Å². The van der Waals surface area contributed by atoms with Gasteiger partial charge in [0.25, 0.3) is 5.91 Å². The molecule has 3 heterocycles.